The third-order valence-electron chi connectivity index (χ3n) is 2.94. The smallest absolute Gasteiger partial charge is 0.266 e. The highest BCUT2D eigenvalue weighted by atomic mass is 79.9. The molecule has 0 saturated carbocycles. The van der Waals surface area contributed by atoms with Crippen LogP contribution in [-0.4, -0.2) is 28.5 Å². The van der Waals surface area contributed by atoms with Crippen LogP contribution in [0.2, 0.25) is 0 Å². The molecule has 0 atom stereocenters. The molecule has 0 aromatic heterocycles. The van der Waals surface area contributed by atoms with Gasteiger partial charge in [0.2, 0.25) is 6.79 Å². The van der Waals surface area contributed by atoms with Crippen molar-refractivity contribution >= 4 is 56.2 Å². The molecule has 20 heavy (non-hydrogen) atoms. The molecule has 0 aliphatic carbocycles. The van der Waals surface area contributed by atoms with E-state index in [0.29, 0.717) is 27.3 Å². The lowest BCUT2D eigenvalue weighted by atomic mass is 10.2. The molecule has 4 nitrogen and oxygen atoms in total. The molecule has 2 aliphatic rings. The molecule has 1 aromatic rings. The predicted octanol–water partition coefficient (Wildman–Crippen LogP) is 3.40. The molecular formula is C13H10BrNO3S2. The van der Waals surface area contributed by atoms with Gasteiger partial charge < -0.3 is 9.47 Å². The second kappa shape index (κ2) is 5.38. The zero-order valence-corrected chi connectivity index (χ0v) is 13.7. The first-order valence-electron chi connectivity index (χ1n) is 5.94. The van der Waals surface area contributed by atoms with Gasteiger partial charge in [-0.15, -0.1) is 0 Å². The van der Waals surface area contributed by atoms with Gasteiger partial charge in [-0.05, 0) is 46.6 Å². The summed E-state index contributed by atoms with van der Waals surface area (Å²) in [6.07, 6.45) is 1.82. The number of rotatable bonds is 2. The maximum Gasteiger partial charge on any atom is 0.266 e. The molecule has 0 radical (unpaired) electrons. The van der Waals surface area contributed by atoms with E-state index in [1.54, 1.807) is 4.90 Å². The molecule has 1 fully saturated rings. The van der Waals surface area contributed by atoms with Gasteiger partial charge in [-0.25, -0.2) is 0 Å². The van der Waals surface area contributed by atoms with Crippen molar-refractivity contribution in [3.8, 4) is 11.5 Å². The van der Waals surface area contributed by atoms with Gasteiger partial charge in [-0.2, -0.15) is 0 Å². The number of thiocarbonyl (C=S) groups is 1. The van der Waals surface area contributed by atoms with Crippen molar-refractivity contribution in [2.24, 2.45) is 0 Å². The number of nitrogens with zero attached hydrogens (tertiary/aromatic N) is 1. The summed E-state index contributed by atoms with van der Waals surface area (Å²) in [5.41, 5.74) is 0.873. The fourth-order valence-corrected chi connectivity index (χ4v) is 3.95. The fraction of sp³-hybridized carbons (Fsp3) is 0.231. The summed E-state index contributed by atoms with van der Waals surface area (Å²) >= 11 is 9.95. The largest absolute Gasteiger partial charge is 0.454 e. The van der Waals surface area contributed by atoms with Crippen LogP contribution in [0.1, 0.15) is 12.5 Å². The Labute approximate surface area is 134 Å². The van der Waals surface area contributed by atoms with E-state index >= 15 is 0 Å². The fourth-order valence-electron chi connectivity index (χ4n) is 1.99. The van der Waals surface area contributed by atoms with Crippen molar-refractivity contribution in [2.75, 3.05) is 13.3 Å². The second-order valence-electron chi connectivity index (χ2n) is 4.16. The number of thioether (sulfide) groups is 1. The molecule has 1 saturated heterocycles. The average Bonchev–Trinajstić information content (AvgIpc) is 2.96. The number of hydrogen-bond acceptors (Lipinski definition) is 5. The molecular weight excluding hydrogens is 362 g/mol. The van der Waals surface area contributed by atoms with Gasteiger partial charge in [-0.1, -0.05) is 24.0 Å². The molecule has 3 rings (SSSR count). The van der Waals surface area contributed by atoms with Crippen LogP contribution in [-0.2, 0) is 4.79 Å². The molecule has 0 spiro atoms. The lowest BCUT2D eigenvalue weighted by molar-refractivity contribution is -0.121. The minimum Gasteiger partial charge on any atom is -0.454 e. The summed E-state index contributed by atoms with van der Waals surface area (Å²) in [4.78, 5) is 14.4. The first kappa shape index (κ1) is 13.9. The maximum atomic E-state index is 12.2. The number of halogens is 1. The number of carbonyl (C=O) groups is 1. The van der Waals surface area contributed by atoms with Gasteiger partial charge in [-0.3, -0.25) is 9.69 Å². The molecule has 1 amide bonds. The molecule has 0 N–H and O–H groups in total. The Morgan fingerprint density at radius 3 is 3.00 bits per heavy atom. The Morgan fingerprint density at radius 2 is 2.30 bits per heavy atom. The monoisotopic (exact) mass is 371 g/mol. The molecule has 1 aromatic carbocycles. The number of ether oxygens (including phenoxy) is 2. The van der Waals surface area contributed by atoms with Crippen molar-refractivity contribution in [3.63, 3.8) is 0 Å². The minimum atomic E-state index is -0.0451. The van der Waals surface area contributed by atoms with Crippen molar-refractivity contribution in [3.05, 3.63) is 27.1 Å². The molecule has 0 bridgehead atoms. The number of hydrogen-bond donors (Lipinski definition) is 0. The molecule has 0 unspecified atom stereocenters. The molecule has 2 aliphatic heterocycles. The summed E-state index contributed by atoms with van der Waals surface area (Å²) in [6.45, 7) is 2.72. The van der Waals surface area contributed by atoms with Gasteiger partial charge in [0.1, 0.15) is 4.32 Å². The zero-order valence-electron chi connectivity index (χ0n) is 10.5. The highest BCUT2D eigenvalue weighted by molar-refractivity contribution is 9.10. The SMILES string of the molecule is CCN1C(=O)C(=Cc2cc(Br)c3c(c2)OCO3)SC1=S. The Kier molecular flexibility index (Phi) is 3.74. The number of benzene rings is 1. The normalized spacial score (nSPS) is 19.3. The van der Waals surface area contributed by atoms with Crippen LogP contribution in [0, 0.1) is 0 Å². The first-order valence-corrected chi connectivity index (χ1v) is 7.96. The van der Waals surface area contributed by atoms with E-state index in [2.05, 4.69) is 15.9 Å². The predicted molar refractivity (Wildman–Crippen MR) is 85.8 cm³/mol. The summed E-state index contributed by atoms with van der Waals surface area (Å²) in [5, 5.41) is 0. The average molecular weight is 372 g/mol. The lowest BCUT2D eigenvalue weighted by Crippen LogP contribution is -2.27. The van der Waals surface area contributed by atoms with Crippen molar-refractivity contribution < 1.29 is 14.3 Å². The van der Waals surface area contributed by atoms with E-state index in [1.807, 2.05) is 25.1 Å². The van der Waals surface area contributed by atoms with Crippen LogP contribution in [0.25, 0.3) is 6.08 Å². The standard InChI is InChI=1S/C13H10BrNO3S2/c1-2-15-12(16)10(20-13(15)19)5-7-3-8(14)11-9(4-7)17-6-18-11/h3-5H,2,6H2,1H3. The van der Waals surface area contributed by atoms with E-state index in [4.69, 9.17) is 21.7 Å². The van der Waals surface area contributed by atoms with Crippen molar-refractivity contribution in [2.45, 2.75) is 6.92 Å². The Bertz CT molecular complexity index is 645. The molecule has 2 heterocycles. The van der Waals surface area contributed by atoms with Gasteiger partial charge >= 0.3 is 0 Å². The second-order valence-corrected chi connectivity index (χ2v) is 6.69. The van der Waals surface area contributed by atoms with Crippen LogP contribution < -0.4 is 9.47 Å². The van der Waals surface area contributed by atoms with Crippen LogP contribution in [0.4, 0.5) is 0 Å². The van der Waals surface area contributed by atoms with Gasteiger partial charge in [0.25, 0.3) is 5.91 Å². The van der Waals surface area contributed by atoms with Crippen molar-refractivity contribution in [1.82, 2.24) is 4.90 Å². The first-order chi connectivity index (χ1) is 9.60. The summed E-state index contributed by atoms with van der Waals surface area (Å²) in [5.74, 6) is 1.33. The van der Waals surface area contributed by atoms with E-state index in [9.17, 15) is 4.79 Å². The van der Waals surface area contributed by atoms with Crippen LogP contribution in [0.15, 0.2) is 21.5 Å². The van der Waals surface area contributed by atoms with Crippen LogP contribution >= 0.6 is 39.9 Å². The molecule has 104 valence electrons. The number of carbonyl (C=O) groups excluding carboxylic acids is 1. The topological polar surface area (TPSA) is 38.8 Å². The number of amides is 1. The number of likely N-dealkylation sites (N-methyl/N-ethyl adjacent to an activating group) is 1. The van der Waals surface area contributed by atoms with Crippen LogP contribution in [0.5, 0.6) is 11.5 Å². The number of fused-ring (bicyclic) bond motifs is 1. The lowest BCUT2D eigenvalue weighted by Gasteiger charge is -2.09. The third kappa shape index (κ3) is 2.34. The zero-order chi connectivity index (χ0) is 14.3. The van der Waals surface area contributed by atoms with E-state index in [-0.39, 0.29) is 12.7 Å². The summed E-state index contributed by atoms with van der Waals surface area (Å²) < 4.78 is 12.1. The van der Waals surface area contributed by atoms with Crippen molar-refractivity contribution in [1.29, 1.82) is 0 Å². The quantitative estimate of drug-likeness (QED) is 0.588. The van der Waals surface area contributed by atoms with Gasteiger partial charge in [0, 0.05) is 6.54 Å². The van der Waals surface area contributed by atoms with E-state index in [1.165, 1.54) is 11.8 Å². The van der Waals surface area contributed by atoms with Gasteiger partial charge in [0.15, 0.2) is 11.5 Å². The summed E-state index contributed by atoms with van der Waals surface area (Å²) in [6, 6.07) is 3.75. The highest BCUT2D eigenvalue weighted by Gasteiger charge is 2.30. The molecule has 7 heteroatoms. The Balaban J connectivity index is 1.96. The van der Waals surface area contributed by atoms with E-state index in [0.717, 1.165) is 10.0 Å². The summed E-state index contributed by atoms with van der Waals surface area (Å²) in [7, 11) is 0. The van der Waals surface area contributed by atoms with E-state index < -0.39 is 0 Å². The minimum absolute atomic E-state index is 0.0451. The van der Waals surface area contributed by atoms with Crippen LogP contribution in [0.3, 0.4) is 0 Å². The maximum absolute atomic E-state index is 12.2. The highest BCUT2D eigenvalue weighted by Crippen LogP contribution is 2.41. The third-order valence-corrected chi connectivity index (χ3v) is 4.90. The van der Waals surface area contributed by atoms with Gasteiger partial charge in [0.05, 0.1) is 9.38 Å². The Morgan fingerprint density at radius 1 is 1.50 bits per heavy atom. The Hall–Kier alpha value is -1.05.